The van der Waals surface area contributed by atoms with Crippen LogP contribution in [0.4, 0.5) is 0 Å². The number of carbonyl (C=O) groups is 2. The summed E-state index contributed by atoms with van der Waals surface area (Å²) in [4.78, 5) is 30.0. The molecule has 1 aliphatic rings. The van der Waals surface area contributed by atoms with E-state index in [9.17, 15) is 14.7 Å². The molecule has 2 heterocycles. The van der Waals surface area contributed by atoms with E-state index in [2.05, 4.69) is 4.98 Å². The van der Waals surface area contributed by atoms with Crippen LogP contribution in [0.1, 0.15) is 30.3 Å². The second-order valence-corrected chi connectivity index (χ2v) is 7.26. The van der Waals surface area contributed by atoms with E-state index in [0.29, 0.717) is 23.6 Å². The van der Waals surface area contributed by atoms with Crippen LogP contribution in [-0.2, 0) is 4.79 Å². The lowest BCUT2D eigenvalue weighted by molar-refractivity contribution is -0.143. The van der Waals surface area contributed by atoms with Gasteiger partial charge in [-0.25, -0.2) is 4.98 Å². The number of halogens is 1. The minimum absolute atomic E-state index is 0.0220. The number of hydrogen-bond acceptors (Lipinski definition) is 4. The Labute approximate surface area is 148 Å². The Morgan fingerprint density at radius 1 is 1.29 bits per heavy atom. The predicted octanol–water partition coefficient (Wildman–Crippen LogP) is 3.79. The van der Waals surface area contributed by atoms with Crippen molar-refractivity contribution < 1.29 is 14.7 Å². The molecule has 0 aliphatic carbocycles. The van der Waals surface area contributed by atoms with Crippen molar-refractivity contribution in [3.8, 4) is 10.6 Å². The molecule has 1 aromatic heterocycles. The summed E-state index contributed by atoms with van der Waals surface area (Å²) in [5, 5.41) is 12.3. The van der Waals surface area contributed by atoms with Crippen LogP contribution in [0.2, 0.25) is 5.02 Å². The number of benzene rings is 1. The van der Waals surface area contributed by atoms with Gasteiger partial charge < -0.3 is 10.0 Å². The Bertz CT molecular complexity index is 759. The Balaban J connectivity index is 1.80. The number of carboxylic acid groups (broad SMARTS) is 1. The quantitative estimate of drug-likeness (QED) is 0.899. The van der Waals surface area contributed by atoms with Crippen molar-refractivity contribution in [2.24, 2.45) is 5.92 Å². The third-order valence-electron chi connectivity index (χ3n) is 4.31. The van der Waals surface area contributed by atoms with Gasteiger partial charge in [0.1, 0.15) is 10.7 Å². The molecule has 24 heavy (non-hydrogen) atoms. The maximum absolute atomic E-state index is 12.7. The van der Waals surface area contributed by atoms with Gasteiger partial charge in [-0.1, -0.05) is 23.7 Å². The topological polar surface area (TPSA) is 70.5 Å². The summed E-state index contributed by atoms with van der Waals surface area (Å²) < 4.78 is 0. The highest BCUT2D eigenvalue weighted by Gasteiger charge is 2.33. The number of carbonyl (C=O) groups excluding carboxylic acids is 1. The number of carboxylic acids is 1. The molecule has 1 saturated heterocycles. The lowest BCUT2D eigenvalue weighted by Crippen LogP contribution is -2.47. The van der Waals surface area contributed by atoms with Gasteiger partial charge in [-0.2, -0.15) is 0 Å². The summed E-state index contributed by atoms with van der Waals surface area (Å²) in [6.45, 7) is 2.19. The highest BCUT2D eigenvalue weighted by Crippen LogP contribution is 2.28. The van der Waals surface area contributed by atoms with Crippen molar-refractivity contribution in [3.05, 3.63) is 40.4 Å². The normalized spacial score (nSPS) is 20.8. The molecule has 1 N–H and O–H groups in total. The summed E-state index contributed by atoms with van der Waals surface area (Å²) in [7, 11) is 0. The van der Waals surface area contributed by atoms with Crippen molar-refractivity contribution in [1.82, 2.24) is 9.88 Å². The molecule has 5 nitrogen and oxygen atoms in total. The maximum atomic E-state index is 12.7. The van der Waals surface area contributed by atoms with Crippen molar-refractivity contribution >= 4 is 34.8 Å². The minimum atomic E-state index is -0.847. The minimum Gasteiger partial charge on any atom is -0.481 e. The summed E-state index contributed by atoms with van der Waals surface area (Å²) in [5.41, 5.74) is 1.27. The van der Waals surface area contributed by atoms with Crippen LogP contribution in [-0.4, -0.2) is 39.5 Å². The van der Waals surface area contributed by atoms with Gasteiger partial charge in [0.25, 0.3) is 5.91 Å². The molecule has 3 rings (SSSR count). The first-order valence-corrected chi connectivity index (χ1v) is 8.96. The molecule has 2 unspecified atom stereocenters. The second kappa shape index (κ2) is 6.91. The zero-order valence-corrected chi connectivity index (χ0v) is 14.7. The highest BCUT2D eigenvalue weighted by molar-refractivity contribution is 7.13. The standard InChI is InChI=1S/C17H17ClN2O3S/c1-10-2-3-12(17(22)23)8-20(10)16(21)14-9-24-15(19-14)11-4-6-13(18)7-5-11/h4-7,9-10,12H,2-3,8H2,1H3,(H,22,23). The van der Waals surface area contributed by atoms with Gasteiger partial charge in [0.2, 0.25) is 0 Å². The summed E-state index contributed by atoms with van der Waals surface area (Å²) in [5.74, 6) is -1.55. The second-order valence-electron chi connectivity index (χ2n) is 5.96. The van der Waals surface area contributed by atoms with E-state index in [0.717, 1.165) is 10.6 Å². The van der Waals surface area contributed by atoms with E-state index < -0.39 is 11.9 Å². The predicted molar refractivity (Wildman–Crippen MR) is 93.4 cm³/mol. The number of piperidine rings is 1. The van der Waals surface area contributed by atoms with Crippen LogP contribution in [0.5, 0.6) is 0 Å². The fourth-order valence-electron chi connectivity index (χ4n) is 2.84. The van der Waals surface area contributed by atoms with Crippen LogP contribution in [0.3, 0.4) is 0 Å². The average Bonchev–Trinajstić information content (AvgIpc) is 3.05. The third kappa shape index (κ3) is 3.44. The third-order valence-corrected chi connectivity index (χ3v) is 5.45. The van der Waals surface area contributed by atoms with Gasteiger partial charge >= 0.3 is 5.97 Å². The monoisotopic (exact) mass is 364 g/mol. The van der Waals surface area contributed by atoms with E-state index >= 15 is 0 Å². The Morgan fingerprint density at radius 2 is 2.00 bits per heavy atom. The maximum Gasteiger partial charge on any atom is 0.308 e. The first-order valence-electron chi connectivity index (χ1n) is 7.71. The lowest BCUT2D eigenvalue weighted by Gasteiger charge is -2.36. The van der Waals surface area contributed by atoms with Crippen LogP contribution >= 0.6 is 22.9 Å². The molecular formula is C17H17ClN2O3S. The molecule has 2 aromatic rings. The molecule has 0 radical (unpaired) electrons. The van der Waals surface area contributed by atoms with Gasteiger partial charge in [0, 0.05) is 28.6 Å². The van der Waals surface area contributed by atoms with Gasteiger partial charge in [0.15, 0.2) is 0 Å². The molecule has 0 spiro atoms. The molecule has 2 atom stereocenters. The molecule has 7 heteroatoms. The Kier molecular flexibility index (Phi) is 4.87. The largest absolute Gasteiger partial charge is 0.481 e. The van der Waals surface area contributed by atoms with Gasteiger partial charge in [-0.3, -0.25) is 9.59 Å². The van der Waals surface area contributed by atoms with E-state index in [1.807, 2.05) is 19.1 Å². The van der Waals surface area contributed by atoms with E-state index in [-0.39, 0.29) is 18.5 Å². The van der Waals surface area contributed by atoms with Crippen molar-refractivity contribution in [3.63, 3.8) is 0 Å². The number of nitrogens with zero attached hydrogens (tertiary/aromatic N) is 2. The molecule has 1 fully saturated rings. The van der Waals surface area contributed by atoms with E-state index in [1.54, 1.807) is 22.4 Å². The Morgan fingerprint density at radius 3 is 2.67 bits per heavy atom. The summed E-state index contributed by atoms with van der Waals surface area (Å²) >= 11 is 7.28. The van der Waals surface area contributed by atoms with E-state index in [1.165, 1.54) is 11.3 Å². The molecule has 0 saturated carbocycles. The van der Waals surface area contributed by atoms with Crippen LogP contribution in [0.25, 0.3) is 10.6 Å². The first kappa shape index (κ1) is 16.9. The molecule has 1 aliphatic heterocycles. The number of rotatable bonds is 3. The number of hydrogen-bond donors (Lipinski definition) is 1. The van der Waals surface area contributed by atoms with Crippen LogP contribution in [0.15, 0.2) is 29.6 Å². The molecule has 1 amide bonds. The fraction of sp³-hybridized carbons (Fsp3) is 0.353. The van der Waals surface area contributed by atoms with Crippen molar-refractivity contribution in [2.75, 3.05) is 6.54 Å². The zero-order valence-electron chi connectivity index (χ0n) is 13.1. The number of aliphatic carboxylic acids is 1. The summed E-state index contributed by atoms with van der Waals surface area (Å²) in [6, 6.07) is 7.31. The molecule has 0 bridgehead atoms. The fourth-order valence-corrected chi connectivity index (χ4v) is 3.76. The van der Waals surface area contributed by atoms with Crippen molar-refractivity contribution in [2.45, 2.75) is 25.8 Å². The van der Waals surface area contributed by atoms with Gasteiger partial charge in [0.05, 0.1) is 5.92 Å². The number of likely N-dealkylation sites (tertiary alicyclic amines) is 1. The molecule has 1 aromatic carbocycles. The number of aromatic nitrogens is 1. The highest BCUT2D eigenvalue weighted by atomic mass is 35.5. The smallest absolute Gasteiger partial charge is 0.308 e. The SMILES string of the molecule is CC1CCC(C(=O)O)CN1C(=O)c1csc(-c2ccc(Cl)cc2)n1. The first-order chi connectivity index (χ1) is 11.5. The summed E-state index contributed by atoms with van der Waals surface area (Å²) in [6.07, 6.45) is 1.30. The number of amides is 1. The van der Waals surface area contributed by atoms with Gasteiger partial charge in [-0.15, -0.1) is 11.3 Å². The van der Waals surface area contributed by atoms with Crippen molar-refractivity contribution in [1.29, 1.82) is 0 Å². The zero-order chi connectivity index (χ0) is 17.3. The number of thiazole rings is 1. The van der Waals surface area contributed by atoms with E-state index in [4.69, 9.17) is 11.6 Å². The Hall–Kier alpha value is -1.92. The van der Waals surface area contributed by atoms with Gasteiger partial charge in [-0.05, 0) is 31.9 Å². The lowest BCUT2D eigenvalue weighted by atomic mass is 9.93. The van der Waals surface area contributed by atoms with Crippen LogP contribution < -0.4 is 0 Å². The van der Waals surface area contributed by atoms with Crippen LogP contribution in [0, 0.1) is 5.92 Å². The molecular weight excluding hydrogens is 348 g/mol. The molecule has 126 valence electrons. The average molecular weight is 365 g/mol.